The van der Waals surface area contributed by atoms with Crippen molar-refractivity contribution in [2.75, 3.05) is 26.2 Å². The fourth-order valence-electron chi connectivity index (χ4n) is 3.69. The highest BCUT2D eigenvalue weighted by Gasteiger charge is 2.34. The van der Waals surface area contributed by atoms with Crippen molar-refractivity contribution in [3.63, 3.8) is 0 Å². The van der Waals surface area contributed by atoms with Crippen LogP contribution in [-0.2, 0) is 9.53 Å². The third-order valence-electron chi connectivity index (χ3n) is 4.90. The van der Waals surface area contributed by atoms with Gasteiger partial charge in [-0.25, -0.2) is 4.98 Å². The Balaban J connectivity index is 1.59. The van der Waals surface area contributed by atoms with Crippen LogP contribution in [0.5, 0.6) is 0 Å². The maximum absolute atomic E-state index is 12.8. The molecule has 2 unspecified atom stereocenters. The van der Waals surface area contributed by atoms with Crippen molar-refractivity contribution in [1.29, 1.82) is 0 Å². The minimum Gasteiger partial charge on any atom is -0.372 e. The fraction of sp³-hybridized carbons (Fsp3) is 0.611. The van der Waals surface area contributed by atoms with E-state index in [0.717, 1.165) is 0 Å². The Labute approximate surface area is 167 Å². The molecule has 3 rings (SSSR count). The third-order valence-corrected chi connectivity index (χ3v) is 5.63. The molecule has 1 aromatic heterocycles. The zero-order valence-electron chi connectivity index (χ0n) is 15.0. The molecule has 3 heterocycles. The van der Waals surface area contributed by atoms with Gasteiger partial charge in [0.25, 0.3) is 5.91 Å². The molecule has 0 saturated carbocycles. The van der Waals surface area contributed by atoms with Gasteiger partial charge in [0.05, 0.1) is 17.8 Å². The van der Waals surface area contributed by atoms with E-state index in [-0.39, 0.29) is 35.1 Å². The van der Waals surface area contributed by atoms with Gasteiger partial charge in [-0.15, -0.1) is 0 Å². The van der Waals surface area contributed by atoms with E-state index in [9.17, 15) is 9.59 Å². The molecule has 0 N–H and O–H groups in total. The number of carbonyl (C=O) groups is 2. The first kappa shape index (κ1) is 19.6. The van der Waals surface area contributed by atoms with Gasteiger partial charge in [-0.05, 0) is 48.7 Å². The van der Waals surface area contributed by atoms with Crippen LogP contribution in [0.15, 0.2) is 16.7 Å². The van der Waals surface area contributed by atoms with E-state index in [2.05, 4.69) is 20.9 Å². The molecular weight excluding hydrogens is 422 g/mol. The lowest BCUT2D eigenvalue weighted by molar-refractivity contribution is -0.148. The van der Waals surface area contributed by atoms with Crippen molar-refractivity contribution < 1.29 is 14.3 Å². The van der Waals surface area contributed by atoms with Crippen LogP contribution in [0.25, 0.3) is 0 Å². The first-order valence-corrected chi connectivity index (χ1v) is 10.1. The van der Waals surface area contributed by atoms with Crippen LogP contribution in [-0.4, -0.2) is 65.0 Å². The number of nitrogens with zero attached hydrogens (tertiary/aromatic N) is 3. The number of piperidine rings is 1. The molecule has 2 saturated heterocycles. The number of pyridine rings is 1. The number of carbonyl (C=O) groups excluding carboxylic acids is 2. The van der Waals surface area contributed by atoms with Gasteiger partial charge in [0, 0.05) is 42.8 Å². The number of halogens is 2. The van der Waals surface area contributed by atoms with Gasteiger partial charge in [-0.3, -0.25) is 9.59 Å². The van der Waals surface area contributed by atoms with E-state index >= 15 is 0 Å². The molecule has 6 nitrogen and oxygen atoms in total. The number of amides is 2. The lowest BCUT2D eigenvalue weighted by Crippen LogP contribution is -2.51. The summed E-state index contributed by atoms with van der Waals surface area (Å²) in [5.74, 6) is 0.0113. The first-order valence-electron chi connectivity index (χ1n) is 8.89. The van der Waals surface area contributed by atoms with Crippen molar-refractivity contribution in [3.8, 4) is 0 Å². The van der Waals surface area contributed by atoms with E-state index in [4.69, 9.17) is 16.3 Å². The summed E-state index contributed by atoms with van der Waals surface area (Å²) in [5.41, 5.74) is 0.390. The maximum atomic E-state index is 12.8. The predicted molar refractivity (Wildman–Crippen MR) is 102 cm³/mol. The quantitative estimate of drug-likeness (QED) is 0.658. The highest BCUT2D eigenvalue weighted by atomic mass is 79.9. The van der Waals surface area contributed by atoms with Crippen LogP contribution in [0.3, 0.4) is 0 Å². The minimum atomic E-state index is -0.136. The topological polar surface area (TPSA) is 62.7 Å². The van der Waals surface area contributed by atoms with E-state index in [0.29, 0.717) is 49.1 Å². The average molecular weight is 445 g/mol. The standard InChI is InChI=1S/C18H23BrClN3O3/c1-11-9-23(10-12(2)26-11)17(24)13-3-5-22(6-4-13)18(25)15-7-14(19)8-21-16(15)20/h7-8,11-13H,3-6,9-10H2,1-2H3. The monoisotopic (exact) mass is 443 g/mol. The fourth-order valence-corrected chi connectivity index (χ4v) is 4.20. The minimum absolute atomic E-state index is 0.0346. The molecule has 2 fully saturated rings. The van der Waals surface area contributed by atoms with Crippen molar-refractivity contribution in [2.24, 2.45) is 5.92 Å². The number of ether oxygens (including phenoxy) is 1. The van der Waals surface area contributed by atoms with Gasteiger partial charge >= 0.3 is 0 Å². The molecule has 0 radical (unpaired) electrons. The predicted octanol–water partition coefficient (Wildman–Crippen LogP) is 2.99. The Morgan fingerprint density at radius 1 is 1.19 bits per heavy atom. The maximum Gasteiger partial charge on any atom is 0.257 e. The van der Waals surface area contributed by atoms with Gasteiger partial charge in [0.1, 0.15) is 5.15 Å². The van der Waals surface area contributed by atoms with Crippen LogP contribution >= 0.6 is 27.5 Å². The molecule has 26 heavy (non-hydrogen) atoms. The molecule has 0 bridgehead atoms. The summed E-state index contributed by atoms with van der Waals surface area (Å²) in [5, 5.41) is 0.202. The van der Waals surface area contributed by atoms with E-state index in [1.807, 2.05) is 18.7 Å². The average Bonchev–Trinajstić information content (AvgIpc) is 2.62. The van der Waals surface area contributed by atoms with Crippen LogP contribution < -0.4 is 0 Å². The molecule has 8 heteroatoms. The van der Waals surface area contributed by atoms with E-state index in [1.54, 1.807) is 17.2 Å². The highest BCUT2D eigenvalue weighted by Crippen LogP contribution is 2.25. The Morgan fingerprint density at radius 2 is 1.81 bits per heavy atom. The van der Waals surface area contributed by atoms with Gasteiger partial charge < -0.3 is 14.5 Å². The first-order chi connectivity index (χ1) is 12.3. The molecular formula is C18H23BrClN3O3. The molecule has 2 atom stereocenters. The SMILES string of the molecule is CC1CN(C(=O)C2CCN(C(=O)c3cc(Br)cnc3Cl)CC2)CC(C)O1. The van der Waals surface area contributed by atoms with Crippen molar-refractivity contribution in [2.45, 2.75) is 38.9 Å². The Bertz CT molecular complexity index is 684. The smallest absolute Gasteiger partial charge is 0.257 e. The molecule has 0 spiro atoms. The summed E-state index contributed by atoms with van der Waals surface area (Å²) < 4.78 is 6.42. The van der Waals surface area contributed by atoms with Gasteiger partial charge in [0.2, 0.25) is 5.91 Å². The van der Waals surface area contributed by atoms with Crippen LogP contribution in [0, 0.1) is 5.92 Å². The molecule has 142 valence electrons. The summed E-state index contributed by atoms with van der Waals surface area (Å²) >= 11 is 9.38. The summed E-state index contributed by atoms with van der Waals surface area (Å²) in [6.45, 7) is 6.37. The molecule has 0 aromatic carbocycles. The van der Waals surface area contributed by atoms with Gasteiger partial charge in [-0.2, -0.15) is 0 Å². The highest BCUT2D eigenvalue weighted by molar-refractivity contribution is 9.10. The van der Waals surface area contributed by atoms with Gasteiger partial charge in [0.15, 0.2) is 0 Å². The Morgan fingerprint density at radius 3 is 2.42 bits per heavy atom. The summed E-state index contributed by atoms with van der Waals surface area (Å²) in [7, 11) is 0. The van der Waals surface area contributed by atoms with Crippen molar-refractivity contribution in [1.82, 2.24) is 14.8 Å². The third kappa shape index (κ3) is 4.38. The second-order valence-corrected chi connectivity index (χ2v) is 8.33. The molecule has 2 aliphatic heterocycles. The van der Waals surface area contributed by atoms with E-state index in [1.165, 1.54) is 0 Å². The number of rotatable bonds is 2. The summed E-state index contributed by atoms with van der Waals surface area (Å²) in [6.07, 6.45) is 3.04. The normalized spacial score (nSPS) is 24.6. The molecule has 2 aliphatic rings. The second kappa shape index (κ2) is 8.23. The number of hydrogen-bond acceptors (Lipinski definition) is 4. The summed E-state index contributed by atoms with van der Waals surface area (Å²) in [4.78, 5) is 33.2. The molecule has 1 aromatic rings. The number of hydrogen-bond donors (Lipinski definition) is 0. The van der Waals surface area contributed by atoms with Crippen molar-refractivity contribution >= 4 is 39.3 Å². The number of likely N-dealkylation sites (tertiary alicyclic amines) is 1. The zero-order valence-corrected chi connectivity index (χ0v) is 17.3. The Hall–Kier alpha value is -1.18. The second-order valence-electron chi connectivity index (χ2n) is 7.06. The molecule has 2 amide bonds. The van der Waals surface area contributed by atoms with Gasteiger partial charge in [-0.1, -0.05) is 11.6 Å². The van der Waals surface area contributed by atoms with E-state index < -0.39 is 0 Å². The van der Waals surface area contributed by atoms with Crippen LogP contribution in [0.4, 0.5) is 0 Å². The largest absolute Gasteiger partial charge is 0.372 e. The number of morpholine rings is 1. The molecule has 0 aliphatic carbocycles. The lowest BCUT2D eigenvalue weighted by atomic mass is 9.94. The lowest BCUT2D eigenvalue weighted by Gasteiger charge is -2.39. The number of aromatic nitrogens is 1. The van der Waals surface area contributed by atoms with Crippen molar-refractivity contribution in [3.05, 3.63) is 27.5 Å². The van der Waals surface area contributed by atoms with Crippen LogP contribution in [0.1, 0.15) is 37.0 Å². The van der Waals surface area contributed by atoms with Crippen LogP contribution in [0.2, 0.25) is 5.15 Å². The summed E-state index contributed by atoms with van der Waals surface area (Å²) in [6, 6.07) is 1.69. The zero-order chi connectivity index (χ0) is 18.8. The Kier molecular flexibility index (Phi) is 6.20.